The van der Waals surface area contributed by atoms with Crippen LogP contribution in [0.5, 0.6) is 0 Å². The van der Waals surface area contributed by atoms with Crippen LogP contribution >= 0.6 is 0 Å². The molecule has 0 amide bonds. The molecular formula is C14H14N2O2. The van der Waals surface area contributed by atoms with Crippen molar-refractivity contribution in [3.63, 3.8) is 0 Å². The topological polar surface area (TPSA) is 55.1 Å². The van der Waals surface area contributed by atoms with Crippen LogP contribution in [0.15, 0.2) is 30.3 Å². The van der Waals surface area contributed by atoms with Gasteiger partial charge in [0.05, 0.1) is 5.69 Å². The normalized spacial score (nSPS) is 14.2. The Morgan fingerprint density at radius 1 is 1.17 bits per heavy atom. The SMILES string of the molecule is O=C(O)c1nn(-c2ccccc2)c2c1CCCC2. The fraction of sp³-hybridized carbons (Fsp3) is 0.286. The first-order valence-electron chi connectivity index (χ1n) is 6.17. The van der Waals surface area contributed by atoms with E-state index >= 15 is 0 Å². The summed E-state index contributed by atoms with van der Waals surface area (Å²) in [5.74, 6) is -0.928. The number of nitrogens with zero attached hydrogens (tertiary/aromatic N) is 2. The van der Waals surface area contributed by atoms with E-state index in [2.05, 4.69) is 5.10 Å². The van der Waals surface area contributed by atoms with Crippen molar-refractivity contribution in [2.45, 2.75) is 25.7 Å². The number of para-hydroxylation sites is 1. The highest BCUT2D eigenvalue weighted by atomic mass is 16.4. The maximum absolute atomic E-state index is 11.2. The van der Waals surface area contributed by atoms with Gasteiger partial charge < -0.3 is 5.11 Å². The average Bonchev–Trinajstić information content (AvgIpc) is 2.79. The molecule has 1 aromatic heterocycles. The van der Waals surface area contributed by atoms with Gasteiger partial charge in [0.1, 0.15) is 0 Å². The average molecular weight is 242 g/mol. The highest BCUT2D eigenvalue weighted by Gasteiger charge is 2.24. The molecule has 0 radical (unpaired) electrons. The number of carboxylic acid groups (broad SMARTS) is 1. The molecule has 3 rings (SSSR count). The molecule has 4 heteroatoms. The summed E-state index contributed by atoms with van der Waals surface area (Å²) in [6.07, 6.45) is 3.88. The van der Waals surface area contributed by atoms with Gasteiger partial charge in [-0.2, -0.15) is 5.10 Å². The van der Waals surface area contributed by atoms with E-state index in [-0.39, 0.29) is 5.69 Å². The highest BCUT2D eigenvalue weighted by Crippen LogP contribution is 2.26. The Morgan fingerprint density at radius 2 is 1.89 bits per heavy atom. The number of hydrogen-bond acceptors (Lipinski definition) is 2. The summed E-state index contributed by atoms with van der Waals surface area (Å²) in [6, 6.07) is 9.72. The number of benzene rings is 1. The molecule has 4 nitrogen and oxygen atoms in total. The minimum absolute atomic E-state index is 0.216. The number of hydrogen-bond donors (Lipinski definition) is 1. The van der Waals surface area contributed by atoms with E-state index in [1.807, 2.05) is 30.3 Å². The monoisotopic (exact) mass is 242 g/mol. The molecule has 1 aliphatic carbocycles. The summed E-state index contributed by atoms with van der Waals surface area (Å²) < 4.78 is 1.79. The Balaban J connectivity index is 2.18. The summed E-state index contributed by atoms with van der Waals surface area (Å²) in [7, 11) is 0. The number of carboxylic acids is 1. The Kier molecular flexibility index (Phi) is 2.63. The summed E-state index contributed by atoms with van der Waals surface area (Å²) in [5.41, 5.74) is 3.12. The standard InChI is InChI=1S/C14H14N2O2/c17-14(18)13-11-8-4-5-9-12(11)16(15-13)10-6-2-1-3-7-10/h1-3,6-7H,4-5,8-9H2,(H,17,18). The molecular weight excluding hydrogens is 228 g/mol. The van der Waals surface area contributed by atoms with E-state index in [9.17, 15) is 9.90 Å². The van der Waals surface area contributed by atoms with Crippen LogP contribution in [-0.2, 0) is 12.8 Å². The van der Waals surface area contributed by atoms with Crippen molar-refractivity contribution in [1.82, 2.24) is 9.78 Å². The molecule has 2 aromatic rings. The molecule has 0 fully saturated rings. The second-order valence-electron chi connectivity index (χ2n) is 4.53. The van der Waals surface area contributed by atoms with Gasteiger partial charge in [0.15, 0.2) is 5.69 Å². The lowest BCUT2D eigenvalue weighted by molar-refractivity contribution is 0.0688. The van der Waals surface area contributed by atoms with Crippen molar-refractivity contribution in [2.75, 3.05) is 0 Å². The molecule has 0 saturated carbocycles. The van der Waals surface area contributed by atoms with Crippen molar-refractivity contribution in [3.05, 3.63) is 47.3 Å². The van der Waals surface area contributed by atoms with Crippen molar-refractivity contribution < 1.29 is 9.90 Å². The smallest absolute Gasteiger partial charge is 0.356 e. The molecule has 1 heterocycles. The number of carbonyl (C=O) groups is 1. The third-order valence-corrected chi connectivity index (χ3v) is 3.38. The van der Waals surface area contributed by atoms with Crippen LogP contribution in [0.3, 0.4) is 0 Å². The zero-order valence-electron chi connectivity index (χ0n) is 9.97. The minimum Gasteiger partial charge on any atom is -0.476 e. The zero-order valence-corrected chi connectivity index (χ0v) is 9.97. The fourth-order valence-corrected chi connectivity index (χ4v) is 2.55. The molecule has 0 unspecified atom stereocenters. The first-order chi connectivity index (χ1) is 8.77. The molecule has 0 atom stereocenters. The summed E-state index contributed by atoms with van der Waals surface area (Å²) in [5, 5.41) is 13.5. The number of fused-ring (bicyclic) bond motifs is 1. The van der Waals surface area contributed by atoms with Gasteiger partial charge in [-0.15, -0.1) is 0 Å². The molecule has 0 bridgehead atoms. The molecule has 0 spiro atoms. The Bertz CT molecular complexity index is 587. The van der Waals surface area contributed by atoms with Gasteiger partial charge in [-0.3, -0.25) is 0 Å². The summed E-state index contributed by atoms with van der Waals surface area (Å²) in [6.45, 7) is 0. The van der Waals surface area contributed by atoms with Crippen LogP contribution in [0.4, 0.5) is 0 Å². The number of aromatic nitrogens is 2. The van der Waals surface area contributed by atoms with Gasteiger partial charge in [-0.1, -0.05) is 18.2 Å². The Labute approximate surface area is 105 Å². The van der Waals surface area contributed by atoms with Crippen LogP contribution < -0.4 is 0 Å². The first kappa shape index (κ1) is 11.0. The van der Waals surface area contributed by atoms with E-state index in [1.54, 1.807) is 4.68 Å². The Morgan fingerprint density at radius 3 is 2.61 bits per heavy atom. The first-order valence-corrected chi connectivity index (χ1v) is 6.17. The van der Waals surface area contributed by atoms with E-state index in [0.29, 0.717) is 0 Å². The molecule has 1 aliphatic rings. The van der Waals surface area contributed by atoms with Crippen LogP contribution in [0, 0.1) is 0 Å². The summed E-state index contributed by atoms with van der Waals surface area (Å²) in [4.78, 5) is 11.2. The second kappa shape index (κ2) is 4.29. The molecule has 1 N–H and O–H groups in total. The maximum Gasteiger partial charge on any atom is 0.356 e. The van der Waals surface area contributed by atoms with E-state index in [1.165, 1.54) is 0 Å². The predicted molar refractivity (Wildman–Crippen MR) is 67.2 cm³/mol. The van der Waals surface area contributed by atoms with Crippen LogP contribution in [0.25, 0.3) is 5.69 Å². The van der Waals surface area contributed by atoms with Crippen LogP contribution in [-0.4, -0.2) is 20.9 Å². The molecule has 0 aliphatic heterocycles. The second-order valence-corrected chi connectivity index (χ2v) is 4.53. The van der Waals surface area contributed by atoms with Gasteiger partial charge >= 0.3 is 5.97 Å². The van der Waals surface area contributed by atoms with Crippen molar-refractivity contribution >= 4 is 5.97 Å². The van der Waals surface area contributed by atoms with E-state index < -0.39 is 5.97 Å². The lowest BCUT2D eigenvalue weighted by atomic mass is 9.95. The van der Waals surface area contributed by atoms with Gasteiger partial charge in [0, 0.05) is 11.3 Å². The summed E-state index contributed by atoms with van der Waals surface area (Å²) >= 11 is 0. The fourth-order valence-electron chi connectivity index (χ4n) is 2.55. The molecule has 92 valence electrons. The van der Waals surface area contributed by atoms with Crippen molar-refractivity contribution in [3.8, 4) is 5.69 Å². The lowest BCUT2D eigenvalue weighted by Crippen LogP contribution is -2.08. The van der Waals surface area contributed by atoms with Crippen molar-refractivity contribution in [2.24, 2.45) is 0 Å². The van der Waals surface area contributed by atoms with Gasteiger partial charge in [0.25, 0.3) is 0 Å². The predicted octanol–water partition coefficient (Wildman–Crippen LogP) is 2.45. The molecule has 1 aromatic carbocycles. The largest absolute Gasteiger partial charge is 0.476 e. The number of rotatable bonds is 2. The lowest BCUT2D eigenvalue weighted by Gasteiger charge is -2.13. The highest BCUT2D eigenvalue weighted by molar-refractivity contribution is 5.87. The van der Waals surface area contributed by atoms with Crippen LogP contribution in [0.1, 0.15) is 34.6 Å². The van der Waals surface area contributed by atoms with Gasteiger partial charge in [-0.05, 0) is 37.8 Å². The molecule has 0 saturated heterocycles. The third-order valence-electron chi connectivity index (χ3n) is 3.38. The quantitative estimate of drug-likeness (QED) is 0.880. The molecule has 18 heavy (non-hydrogen) atoms. The van der Waals surface area contributed by atoms with Crippen molar-refractivity contribution in [1.29, 1.82) is 0 Å². The maximum atomic E-state index is 11.2. The number of aromatic carboxylic acids is 1. The van der Waals surface area contributed by atoms with E-state index in [0.717, 1.165) is 42.6 Å². The zero-order chi connectivity index (χ0) is 12.5. The van der Waals surface area contributed by atoms with E-state index in [4.69, 9.17) is 0 Å². The van der Waals surface area contributed by atoms with Crippen LogP contribution in [0.2, 0.25) is 0 Å². The third kappa shape index (κ3) is 1.70. The Hall–Kier alpha value is -2.10. The van der Waals surface area contributed by atoms with Gasteiger partial charge in [-0.25, -0.2) is 9.48 Å². The minimum atomic E-state index is -0.928. The van der Waals surface area contributed by atoms with Gasteiger partial charge in [0.2, 0.25) is 0 Å².